The summed E-state index contributed by atoms with van der Waals surface area (Å²) in [6, 6.07) is 5.87. The van der Waals surface area contributed by atoms with E-state index in [4.69, 9.17) is 9.26 Å². The Labute approximate surface area is 154 Å². The third-order valence-electron chi connectivity index (χ3n) is 3.65. The first-order valence-electron chi connectivity index (χ1n) is 7.74. The molecule has 142 valence electrons. The zero-order valence-corrected chi connectivity index (χ0v) is 15.2. The molecule has 2 aromatic rings. The molecule has 27 heavy (non-hydrogen) atoms. The lowest BCUT2D eigenvalue weighted by Gasteiger charge is -2.18. The van der Waals surface area contributed by atoms with Crippen LogP contribution in [-0.4, -0.2) is 41.6 Å². The molecule has 3 rings (SSSR count). The van der Waals surface area contributed by atoms with Gasteiger partial charge in [-0.25, -0.2) is 9.18 Å². The van der Waals surface area contributed by atoms with Crippen LogP contribution in [-0.2, 0) is 32.8 Å². The lowest BCUT2D eigenvalue weighted by molar-refractivity contribution is -0.140. The SMILES string of the molecule is CC1=NS(=O)(=O)N(C)C=C1C(=O)OCc1nc(Cc2ccc(F)cc2)no1. The Hall–Kier alpha value is -3.08. The second kappa shape index (κ2) is 7.27. The largest absolute Gasteiger partial charge is 0.452 e. The molecule has 0 atom stereocenters. The fraction of sp³-hybridized carbons (Fsp3) is 0.250. The van der Waals surface area contributed by atoms with E-state index in [9.17, 15) is 17.6 Å². The Morgan fingerprint density at radius 3 is 2.70 bits per heavy atom. The molecular weight excluding hydrogens is 379 g/mol. The number of aromatic nitrogens is 2. The molecule has 0 saturated carbocycles. The molecule has 9 nitrogen and oxygen atoms in total. The molecule has 0 saturated heterocycles. The van der Waals surface area contributed by atoms with Gasteiger partial charge in [-0.05, 0) is 24.6 Å². The minimum atomic E-state index is -3.80. The van der Waals surface area contributed by atoms with Gasteiger partial charge in [0, 0.05) is 19.7 Å². The average Bonchev–Trinajstić information content (AvgIpc) is 3.05. The van der Waals surface area contributed by atoms with E-state index in [1.807, 2.05) is 0 Å². The van der Waals surface area contributed by atoms with Gasteiger partial charge >= 0.3 is 16.2 Å². The number of carbonyl (C=O) groups is 1. The van der Waals surface area contributed by atoms with Gasteiger partial charge in [0.25, 0.3) is 5.89 Å². The summed E-state index contributed by atoms with van der Waals surface area (Å²) in [5.74, 6) is -0.675. The van der Waals surface area contributed by atoms with Crippen molar-refractivity contribution in [3.8, 4) is 0 Å². The van der Waals surface area contributed by atoms with Crippen molar-refractivity contribution in [2.75, 3.05) is 7.05 Å². The van der Waals surface area contributed by atoms with Gasteiger partial charge < -0.3 is 9.26 Å². The Morgan fingerprint density at radius 1 is 1.30 bits per heavy atom. The van der Waals surface area contributed by atoms with E-state index in [0.29, 0.717) is 12.2 Å². The molecule has 0 N–H and O–H groups in total. The number of benzene rings is 1. The topological polar surface area (TPSA) is 115 Å². The summed E-state index contributed by atoms with van der Waals surface area (Å²) in [5, 5.41) is 3.77. The smallest absolute Gasteiger partial charge is 0.344 e. The number of nitrogens with zero attached hydrogens (tertiary/aromatic N) is 4. The number of rotatable bonds is 5. The van der Waals surface area contributed by atoms with E-state index in [0.717, 1.165) is 16.1 Å². The molecule has 0 unspecified atom stereocenters. The zero-order valence-electron chi connectivity index (χ0n) is 14.4. The van der Waals surface area contributed by atoms with Crippen LogP contribution >= 0.6 is 0 Å². The van der Waals surface area contributed by atoms with Crippen LogP contribution in [0.15, 0.2) is 45.0 Å². The molecule has 1 aliphatic heterocycles. The number of halogens is 1. The van der Waals surface area contributed by atoms with Crippen molar-refractivity contribution in [2.24, 2.45) is 4.40 Å². The number of ether oxygens (including phenoxy) is 1. The Bertz CT molecular complexity index is 1030. The Balaban J connectivity index is 1.61. The lowest BCUT2D eigenvalue weighted by Crippen LogP contribution is -2.29. The highest BCUT2D eigenvalue weighted by Crippen LogP contribution is 2.16. The van der Waals surface area contributed by atoms with Crippen molar-refractivity contribution in [1.82, 2.24) is 14.4 Å². The summed E-state index contributed by atoms with van der Waals surface area (Å²) in [5.41, 5.74) is 0.836. The van der Waals surface area contributed by atoms with E-state index in [2.05, 4.69) is 14.5 Å². The van der Waals surface area contributed by atoms with Crippen LogP contribution in [0.25, 0.3) is 0 Å². The first-order valence-corrected chi connectivity index (χ1v) is 9.14. The normalized spacial score (nSPS) is 15.9. The van der Waals surface area contributed by atoms with Crippen molar-refractivity contribution in [2.45, 2.75) is 20.0 Å². The van der Waals surface area contributed by atoms with Gasteiger partial charge in [0.05, 0.1) is 11.3 Å². The highest BCUT2D eigenvalue weighted by molar-refractivity contribution is 7.88. The summed E-state index contributed by atoms with van der Waals surface area (Å²) >= 11 is 0. The predicted octanol–water partition coefficient (Wildman–Crippen LogP) is 1.38. The third kappa shape index (κ3) is 4.37. The van der Waals surface area contributed by atoms with Gasteiger partial charge in [0.15, 0.2) is 12.4 Å². The second-order valence-electron chi connectivity index (χ2n) is 5.70. The molecule has 11 heteroatoms. The monoisotopic (exact) mass is 394 g/mol. The predicted molar refractivity (Wildman–Crippen MR) is 91.2 cm³/mol. The minimum absolute atomic E-state index is 0.0124. The van der Waals surface area contributed by atoms with E-state index in [1.165, 1.54) is 26.1 Å². The van der Waals surface area contributed by atoms with Crippen LogP contribution < -0.4 is 0 Å². The maximum absolute atomic E-state index is 12.9. The van der Waals surface area contributed by atoms with Gasteiger partial charge in [-0.1, -0.05) is 17.3 Å². The Kier molecular flexibility index (Phi) is 5.04. The number of esters is 1. The van der Waals surface area contributed by atoms with Crippen LogP contribution in [0, 0.1) is 5.82 Å². The van der Waals surface area contributed by atoms with Crippen molar-refractivity contribution in [3.63, 3.8) is 0 Å². The summed E-state index contributed by atoms with van der Waals surface area (Å²) < 4.78 is 50.5. The fourth-order valence-corrected chi connectivity index (χ4v) is 3.05. The number of hydrogen-bond acceptors (Lipinski definition) is 7. The van der Waals surface area contributed by atoms with Crippen LogP contribution in [0.2, 0.25) is 0 Å². The number of carbonyl (C=O) groups excluding carboxylic acids is 1. The van der Waals surface area contributed by atoms with Crippen LogP contribution in [0.1, 0.15) is 24.2 Å². The molecule has 0 radical (unpaired) electrons. The van der Waals surface area contributed by atoms with E-state index < -0.39 is 16.2 Å². The van der Waals surface area contributed by atoms with E-state index in [-0.39, 0.29) is 29.6 Å². The average molecular weight is 394 g/mol. The minimum Gasteiger partial charge on any atom is -0.452 e. The van der Waals surface area contributed by atoms with Gasteiger partial charge in [0.1, 0.15) is 5.82 Å². The summed E-state index contributed by atoms with van der Waals surface area (Å²) in [7, 11) is -2.54. The van der Waals surface area contributed by atoms with Crippen LogP contribution in [0.5, 0.6) is 0 Å². The second-order valence-corrected chi connectivity index (χ2v) is 7.35. The first-order chi connectivity index (χ1) is 12.7. The molecule has 0 fully saturated rings. The van der Waals surface area contributed by atoms with Gasteiger partial charge in [0.2, 0.25) is 0 Å². The quantitative estimate of drug-likeness (QED) is 0.704. The van der Waals surface area contributed by atoms with Crippen molar-refractivity contribution >= 4 is 21.9 Å². The molecule has 0 aliphatic carbocycles. The molecule has 1 aromatic carbocycles. The molecular formula is C16H15FN4O5S. The van der Waals surface area contributed by atoms with Gasteiger partial charge in [-0.3, -0.25) is 4.31 Å². The van der Waals surface area contributed by atoms with Gasteiger partial charge in [-0.2, -0.15) is 13.4 Å². The molecule has 0 spiro atoms. The Morgan fingerprint density at radius 2 is 2.00 bits per heavy atom. The third-order valence-corrected chi connectivity index (χ3v) is 4.99. The highest BCUT2D eigenvalue weighted by atomic mass is 32.2. The zero-order chi connectivity index (χ0) is 19.6. The fourth-order valence-electron chi connectivity index (χ4n) is 2.24. The highest BCUT2D eigenvalue weighted by Gasteiger charge is 2.26. The van der Waals surface area contributed by atoms with Crippen molar-refractivity contribution in [1.29, 1.82) is 0 Å². The van der Waals surface area contributed by atoms with Gasteiger partial charge in [-0.15, -0.1) is 4.40 Å². The van der Waals surface area contributed by atoms with E-state index >= 15 is 0 Å². The van der Waals surface area contributed by atoms with Crippen molar-refractivity contribution in [3.05, 3.63) is 59.1 Å². The summed E-state index contributed by atoms with van der Waals surface area (Å²) in [6.07, 6.45) is 1.46. The summed E-state index contributed by atoms with van der Waals surface area (Å²) in [6.45, 7) is 1.11. The van der Waals surface area contributed by atoms with Crippen LogP contribution in [0.4, 0.5) is 4.39 Å². The molecule has 0 amide bonds. The molecule has 0 bridgehead atoms. The standard InChI is InChI=1S/C16H15FN4O5S/c1-10-13(8-21(2)27(23,24)20-10)16(22)25-9-15-18-14(19-26-15)7-11-3-5-12(17)6-4-11/h3-6,8H,7,9H2,1-2H3. The maximum atomic E-state index is 12.9. The number of hydrogen-bond donors (Lipinski definition) is 0. The molecule has 1 aliphatic rings. The molecule has 1 aromatic heterocycles. The molecule has 2 heterocycles. The van der Waals surface area contributed by atoms with E-state index in [1.54, 1.807) is 12.1 Å². The first kappa shape index (κ1) is 18.7. The lowest BCUT2D eigenvalue weighted by atomic mass is 10.1. The maximum Gasteiger partial charge on any atom is 0.344 e. The summed E-state index contributed by atoms with van der Waals surface area (Å²) in [4.78, 5) is 16.2. The van der Waals surface area contributed by atoms with Crippen molar-refractivity contribution < 1.29 is 26.9 Å². The van der Waals surface area contributed by atoms with Crippen LogP contribution in [0.3, 0.4) is 0 Å².